The van der Waals surface area contributed by atoms with E-state index in [1.54, 1.807) is 18.2 Å². The number of amides is 2. The van der Waals surface area contributed by atoms with Crippen LogP contribution in [-0.2, 0) is 0 Å². The Labute approximate surface area is 149 Å². The number of carbonyl (C=O) groups excluding carboxylic acids is 2. The number of nitrogens with one attached hydrogen (secondary N) is 2. The van der Waals surface area contributed by atoms with Crippen LogP contribution in [0.5, 0.6) is 0 Å². The highest BCUT2D eigenvalue weighted by molar-refractivity contribution is 9.10. The second kappa shape index (κ2) is 8.56. The van der Waals surface area contributed by atoms with Gasteiger partial charge in [0.25, 0.3) is 11.8 Å². The number of rotatable bonds is 6. The number of benzene rings is 1. The average Bonchev–Trinajstić information content (AvgIpc) is 2.54. The highest BCUT2D eigenvalue weighted by Crippen LogP contribution is 2.16. The minimum absolute atomic E-state index is 0.218. The number of pyridine rings is 1. The monoisotopic (exact) mass is 390 g/mol. The topological polar surface area (TPSA) is 74.3 Å². The minimum Gasteiger partial charge on any atom is -0.349 e. The highest BCUT2D eigenvalue weighted by atomic mass is 79.9. The zero-order valence-corrected chi connectivity index (χ0v) is 15.1. The summed E-state index contributed by atoms with van der Waals surface area (Å²) in [4.78, 5) is 30.4. The molecule has 126 valence electrons. The fourth-order valence-electron chi connectivity index (χ4n) is 1.95. The molecule has 0 aliphatic carbocycles. The molecule has 6 nitrogen and oxygen atoms in total. The van der Waals surface area contributed by atoms with Crippen LogP contribution in [0, 0.1) is 0 Å². The summed E-state index contributed by atoms with van der Waals surface area (Å²) >= 11 is 3.36. The molecule has 0 radical (unpaired) electrons. The van der Waals surface area contributed by atoms with E-state index in [4.69, 9.17) is 0 Å². The lowest BCUT2D eigenvalue weighted by Crippen LogP contribution is -2.32. The first kappa shape index (κ1) is 18.1. The van der Waals surface area contributed by atoms with Gasteiger partial charge in [-0.15, -0.1) is 0 Å². The highest BCUT2D eigenvalue weighted by Gasteiger charge is 2.12. The molecule has 0 aliphatic rings. The summed E-state index contributed by atoms with van der Waals surface area (Å²) in [5.74, 6) is -0.591. The van der Waals surface area contributed by atoms with Crippen molar-refractivity contribution in [1.29, 1.82) is 0 Å². The van der Waals surface area contributed by atoms with E-state index in [9.17, 15) is 9.59 Å². The van der Waals surface area contributed by atoms with Crippen molar-refractivity contribution in [3.8, 4) is 0 Å². The van der Waals surface area contributed by atoms with E-state index in [1.165, 1.54) is 12.3 Å². The number of hydrogen-bond donors (Lipinski definition) is 2. The lowest BCUT2D eigenvalue weighted by atomic mass is 10.2. The molecule has 0 unspecified atom stereocenters. The van der Waals surface area contributed by atoms with Crippen molar-refractivity contribution in [3.05, 3.63) is 58.3 Å². The normalized spacial score (nSPS) is 10.5. The molecule has 0 bridgehead atoms. The third-order valence-electron chi connectivity index (χ3n) is 3.18. The van der Waals surface area contributed by atoms with Gasteiger partial charge in [0.15, 0.2) is 0 Å². The van der Waals surface area contributed by atoms with Crippen molar-refractivity contribution in [2.24, 2.45) is 0 Å². The maximum atomic E-state index is 12.3. The Kier molecular flexibility index (Phi) is 6.45. The van der Waals surface area contributed by atoms with Gasteiger partial charge in [-0.2, -0.15) is 0 Å². The molecule has 1 aromatic heterocycles. The van der Waals surface area contributed by atoms with Crippen LogP contribution in [-0.4, -0.2) is 48.9 Å². The number of aromatic nitrogens is 1. The van der Waals surface area contributed by atoms with Gasteiger partial charge in [0.1, 0.15) is 5.69 Å². The van der Waals surface area contributed by atoms with Crippen LogP contribution < -0.4 is 10.6 Å². The van der Waals surface area contributed by atoms with Crippen molar-refractivity contribution in [3.63, 3.8) is 0 Å². The van der Waals surface area contributed by atoms with Crippen molar-refractivity contribution < 1.29 is 9.59 Å². The Hall–Kier alpha value is -2.25. The molecule has 1 heterocycles. The van der Waals surface area contributed by atoms with Gasteiger partial charge in [0.05, 0.1) is 0 Å². The van der Waals surface area contributed by atoms with Gasteiger partial charge in [-0.25, -0.2) is 0 Å². The molecule has 2 amide bonds. The predicted molar refractivity (Wildman–Crippen MR) is 97.2 cm³/mol. The van der Waals surface area contributed by atoms with E-state index < -0.39 is 0 Å². The molecule has 2 N–H and O–H groups in total. The summed E-state index contributed by atoms with van der Waals surface area (Å²) < 4.78 is 0.871. The van der Waals surface area contributed by atoms with Crippen LogP contribution in [0.2, 0.25) is 0 Å². The van der Waals surface area contributed by atoms with Gasteiger partial charge in [0, 0.05) is 35.0 Å². The second-order valence-electron chi connectivity index (χ2n) is 5.45. The molecule has 0 spiro atoms. The molecule has 0 saturated carbocycles. The molecule has 0 fully saturated rings. The van der Waals surface area contributed by atoms with Crippen LogP contribution in [0.25, 0.3) is 0 Å². The zero-order chi connectivity index (χ0) is 17.5. The van der Waals surface area contributed by atoms with E-state index in [1.807, 2.05) is 31.1 Å². The average molecular weight is 391 g/mol. The standard InChI is InChI=1S/C17H19BrN4O2/c1-22(2)9-8-20-17(24)15-10-12(6-7-19-15)16(23)21-14-5-3-4-13(18)11-14/h3-7,10-11H,8-9H2,1-2H3,(H,20,24)(H,21,23). The van der Waals surface area contributed by atoms with E-state index in [0.717, 1.165) is 11.0 Å². The van der Waals surface area contributed by atoms with E-state index in [0.29, 0.717) is 17.8 Å². The third kappa shape index (κ3) is 5.43. The first-order valence-electron chi connectivity index (χ1n) is 7.41. The molecule has 0 aliphatic heterocycles. The van der Waals surface area contributed by atoms with Crippen LogP contribution in [0.3, 0.4) is 0 Å². The number of carbonyl (C=O) groups is 2. The molecule has 0 saturated heterocycles. The first-order valence-corrected chi connectivity index (χ1v) is 8.21. The molecule has 2 rings (SSSR count). The third-order valence-corrected chi connectivity index (χ3v) is 3.68. The van der Waals surface area contributed by atoms with Crippen molar-refractivity contribution >= 4 is 33.4 Å². The largest absolute Gasteiger partial charge is 0.349 e. The Morgan fingerprint density at radius 1 is 1.17 bits per heavy atom. The number of likely N-dealkylation sites (N-methyl/N-ethyl adjacent to an activating group) is 1. The summed E-state index contributed by atoms with van der Waals surface area (Å²) in [6.07, 6.45) is 1.46. The van der Waals surface area contributed by atoms with Crippen LogP contribution in [0.4, 0.5) is 5.69 Å². The smallest absolute Gasteiger partial charge is 0.269 e. The molecular formula is C17H19BrN4O2. The van der Waals surface area contributed by atoms with Gasteiger partial charge in [-0.3, -0.25) is 14.6 Å². The van der Waals surface area contributed by atoms with E-state index in [-0.39, 0.29) is 17.5 Å². The van der Waals surface area contributed by atoms with E-state index in [2.05, 4.69) is 31.5 Å². The summed E-state index contributed by atoms with van der Waals surface area (Å²) in [5.41, 5.74) is 1.27. The van der Waals surface area contributed by atoms with Crippen molar-refractivity contribution in [1.82, 2.24) is 15.2 Å². The fraction of sp³-hybridized carbons (Fsp3) is 0.235. The van der Waals surface area contributed by atoms with Crippen molar-refractivity contribution in [2.45, 2.75) is 0 Å². The molecular weight excluding hydrogens is 372 g/mol. The molecule has 24 heavy (non-hydrogen) atoms. The number of halogens is 1. The molecule has 2 aromatic rings. The van der Waals surface area contributed by atoms with Crippen LogP contribution in [0.1, 0.15) is 20.8 Å². The lowest BCUT2D eigenvalue weighted by Gasteiger charge is -2.10. The van der Waals surface area contributed by atoms with Crippen LogP contribution in [0.15, 0.2) is 47.1 Å². The Morgan fingerprint density at radius 3 is 2.67 bits per heavy atom. The Bertz CT molecular complexity index is 734. The SMILES string of the molecule is CN(C)CCNC(=O)c1cc(C(=O)Nc2cccc(Br)c2)ccn1. The van der Waals surface area contributed by atoms with Crippen LogP contribution >= 0.6 is 15.9 Å². The fourth-order valence-corrected chi connectivity index (χ4v) is 2.35. The van der Waals surface area contributed by atoms with E-state index >= 15 is 0 Å². The van der Waals surface area contributed by atoms with Gasteiger partial charge in [-0.1, -0.05) is 22.0 Å². The minimum atomic E-state index is -0.297. The summed E-state index contributed by atoms with van der Waals surface area (Å²) in [5, 5.41) is 5.56. The zero-order valence-electron chi connectivity index (χ0n) is 13.5. The second-order valence-corrected chi connectivity index (χ2v) is 6.37. The van der Waals surface area contributed by atoms with Gasteiger partial charge < -0.3 is 15.5 Å². The number of anilines is 1. The predicted octanol–water partition coefficient (Wildman–Crippen LogP) is 2.39. The maximum Gasteiger partial charge on any atom is 0.269 e. The molecule has 1 aromatic carbocycles. The number of nitrogens with zero attached hydrogens (tertiary/aromatic N) is 2. The first-order chi connectivity index (χ1) is 11.5. The van der Waals surface area contributed by atoms with Crippen molar-refractivity contribution in [2.75, 3.05) is 32.5 Å². The quantitative estimate of drug-likeness (QED) is 0.793. The lowest BCUT2D eigenvalue weighted by molar-refractivity contribution is 0.0946. The Morgan fingerprint density at radius 2 is 1.96 bits per heavy atom. The van der Waals surface area contributed by atoms with Gasteiger partial charge in [-0.05, 0) is 44.4 Å². The maximum absolute atomic E-state index is 12.3. The summed E-state index contributed by atoms with van der Waals surface area (Å²) in [6.45, 7) is 1.25. The van der Waals surface area contributed by atoms with Gasteiger partial charge >= 0.3 is 0 Å². The number of hydrogen-bond acceptors (Lipinski definition) is 4. The summed E-state index contributed by atoms with van der Waals surface area (Å²) in [7, 11) is 3.86. The Balaban J connectivity index is 2.03. The molecule has 7 heteroatoms. The molecule has 0 atom stereocenters. The van der Waals surface area contributed by atoms with Gasteiger partial charge in [0.2, 0.25) is 0 Å². The summed E-state index contributed by atoms with van der Waals surface area (Å²) in [6, 6.07) is 10.4.